The molecule has 0 radical (unpaired) electrons. The lowest BCUT2D eigenvalue weighted by Crippen LogP contribution is -2.12. The molecule has 98 valence electrons. The first-order valence-electron chi connectivity index (χ1n) is 6.35. The van der Waals surface area contributed by atoms with Crippen LogP contribution in [-0.2, 0) is 16.0 Å². The maximum absolute atomic E-state index is 11.5. The number of anilines is 1. The van der Waals surface area contributed by atoms with Gasteiger partial charge in [0.1, 0.15) is 5.78 Å². The van der Waals surface area contributed by atoms with Crippen LogP contribution in [0.1, 0.15) is 39.2 Å². The number of ketones is 1. The first-order chi connectivity index (χ1) is 8.47. The van der Waals surface area contributed by atoms with Gasteiger partial charge in [-0.25, -0.2) is 0 Å². The zero-order valence-electron chi connectivity index (χ0n) is 11.3. The summed E-state index contributed by atoms with van der Waals surface area (Å²) in [4.78, 5) is 22.3. The van der Waals surface area contributed by atoms with Crippen molar-refractivity contribution < 1.29 is 9.59 Å². The number of carbonyl (C=O) groups excluding carboxylic acids is 2. The maximum atomic E-state index is 11.5. The molecule has 1 aromatic rings. The predicted octanol–water partition coefficient (Wildman–Crippen LogP) is 3.19. The topological polar surface area (TPSA) is 46.2 Å². The summed E-state index contributed by atoms with van der Waals surface area (Å²) in [7, 11) is 0. The Balaban J connectivity index is 2.48. The van der Waals surface area contributed by atoms with Crippen molar-refractivity contribution in [2.24, 2.45) is 5.92 Å². The molecular weight excluding hydrogens is 226 g/mol. The normalized spacial score (nSPS) is 10.4. The molecule has 0 saturated heterocycles. The van der Waals surface area contributed by atoms with E-state index in [1.807, 2.05) is 24.3 Å². The van der Waals surface area contributed by atoms with Gasteiger partial charge in [0, 0.05) is 18.5 Å². The Hall–Kier alpha value is -1.64. The third-order valence-electron chi connectivity index (χ3n) is 2.59. The number of rotatable bonds is 6. The van der Waals surface area contributed by atoms with E-state index in [4.69, 9.17) is 0 Å². The number of nitrogens with one attached hydrogen (secondary N) is 1. The summed E-state index contributed by atoms with van der Waals surface area (Å²) in [5.74, 6) is 0.556. The van der Waals surface area contributed by atoms with E-state index < -0.39 is 0 Å². The molecule has 0 saturated carbocycles. The Labute approximate surface area is 109 Å². The van der Waals surface area contributed by atoms with Crippen molar-refractivity contribution in [1.29, 1.82) is 0 Å². The van der Waals surface area contributed by atoms with Gasteiger partial charge in [-0.05, 0) is 37.0 Å². The molecule has 0 aromatic heterocycles. The van der Waals surface area contributed by atoms with Crippen LogP contribution in [0.2, 0.25) is 0 Å². The molecule has 1 amide bonds. The fourth-order valence-electron chi connectivity index (χ4n) is 1.71. The van der Waals surface area contributed by atoms with Crippen LogP contribution in [0, 0.1) is 5.92 Å². The molecule has 0 fully saturated rings. The highest BCUT2D eigenvalue weighted by molar-refractivity contribution is 5.93. The molecule has 0 spiro atoms. The number of amides is 1. The minimum atomic E-state index is -0.109. The van der Waals surface area contributed by atoms with Gasteiger partial charge in [0.05, 0.1) is 0 Å². The van der Waals surface area contributed by atoms with E-state index in [0.717, 1.165) is 12.1 Å². The summed E-state index contributed by atoms with van der Waals surface area (Å²) in [6.45, 7) is 5.85. The van der Waals surface area contributed by atoms with Gasteiger partial charge in [-0.2, -0.15) is 0 Å². The third-order valence-corrected chi connectivity index (χ3v) is 2.59. The van der Waals surface area contributed by atoms with E-state index >= 15 is 0 Å². The Kier molecular flexibility index (Phi) is 5.56. The zero-order valence-corrected chi connectivity index (χ0v) is 11.3. The van der Waals surface area contributed by atoms with E-state index in [1.165, 1.54) is 12.5 Å². The number of hydrogen-bond donors (Lipinski definition) is 1. The number of hydrogen-bond acceptors (Lipinski definition) is 2. The van der Waals surface area contributed by atoms with Gasteiger partial charge in [0.15, 0.2) is 0 Å². The zero-order chi connectivity index (χ0) is 13.5. The summed E-state index contributed by atoms with van der Waals surface area (Å²) in [6.07, 6.45) is 1.60. The Bertz CT molecular complexity index is 407. The van der Waals surface area contributed by atoms with E-state index in [0.29, 0.717) is 12.3 Å². The van der Waals surface area contributed by atoms with Crippen molar-refractivity contribution >= 4 is 17.4 Å². The SMILES string of the molecule is CC(=O)CCC(=O)Nc1ccc(CC(C)C)cc1. The van der Waals surface area contributed by atoms with Crippen LogP contribution < -0.4 is 5.32 Å². The molecular formula is C15H21NO2. The van der Waals surface area contributed by atoms with Gasteiger partial charge in [0.2, 0.25) is 5.91 Å². The van der Waals surface area contributed by atoms with Crippen molar-refractivity contribution in [2.75, 3.05) is 5.32 Å². The molecule has 0 bridgehead atoms. The Morgan fingerprint density at radius 1 is 1.11 bits per heavy atom. The summed E-state index contributed by atoms with van der Waals surface area (Å²) >= 11 is 0. The molecule has 0 aliphatic rings. The number of benzene rings is 1. The fourth-order valence-corrected chi connectivity index (χ4v) is 1.71. The van der Waals surface area contributed by atoms with Gasteiger partial charge < -0.3 is 10.1 Å². The Morgan fingerprint density at radius 3 is 2.22 bits per heavy atom. The van der Waals surface area contributed by atoms with E-state index in [2.05, 4.69) is 19.2 Å². The molecule has 0 heterocycles. The van der Waals surface area contributed by atoms with Crippen LogP contribution in [0.5, 0.6) is 0 Å². The van der Waals surface area contributed by atoms with Gasteiger partial charge in [-0.1, -0.05) is 26.0 Å². The summed E-state index contributed by atoms with van der Waals surface area (Å²) in [5, 5.41) is 2.79. The summed E-state index contributed by atoms with van der Waals surface area (Å²) in [5.41, 5.74) is 2.06. The first kappa shape index (κ1) is 14.4. The number of Topliss-reactive ketones (excluding diaryl/α,β-unsaturated/α-hetero) is 1. The minimum absolute atomic E-state index is 0.0393. The lowest BCUT2D eigenvalue weighted by atomic mass is 10.0. The standard InChI is InChI=1S/C15H21NO2/c1-11(2)10-13-5-7-14(8-6-13)16-15(18)9-4-12(3)17/h5-8,11H,4,9-10H2,1-3H3,(H,16,18). The molecule has 3 heteroatoms. The fraction of sp³-hybridized carbons (Fsp3) is 0.467. The molecule has 0 aliphatic heterocycles. The summed E-state index contributed by atoms with van der Waals surface area (Å²) in [6, 6.07) is 7.87. The highest BCUT2D eigenvalue weighted by Gasteiger charge is 2.04. The average molecular weight is 247 g/mol. The van der Waals surface area contributed by atoms with Crippen molar-refractivity contribution in [1.82, 2.24) is 0 Å². The highest BCUT2D eigenvalue weighted by Crippen LogP contribution is 2.13. The van der Waals surface area contributed by atoms with E-state index in [-0.39, 0.29) is 18.1 Å². The quantitative estimate of drug-likeness (QED) is 0.839. The second kappa shape index (κ2) is 6.94. The average Bonchev–Trinajstić information content (AvgIpc) is 2.28. The molecule has 1 aromatic carbocycles. The molecule has 3 nitrogen and oxygen atoms in total. The van der Waals surface area contributed by atoms with Gasteiger partial charge in [0.25, 0.3) is 0 Å². The monoisotopic (exact) mass is 247 g/mol. The largest absolute Gasteiger partial charge is 0.326 e. The van der Waals surface area contributed by atoms with Crippen LogP contribution in [0.15, 0.2) is 24.3 Å². The lowest BCUT2D eigenvalue weighted by Gasteiger charge is -2.07. The third kappa shape index (κ3) is 5.62. The van der Waals surface area contributed by atoms with Gasteiger partial charge >= 0.3 is 0 Å². The van der Waals surface area contributed by atoms with Gasteiger partial charge in [-0.15, -0.1) is 0 Å². The Morgan fingerprint density at radius 2 is 1.72 bits per heavy atom. The molecule has 1 N–H and O–H groups in total. The van der Waals surface area contributed by atoms with Crippen LogP contribution >= 0.6 is 0 Å². The van der Waals surface area contributed by atoms with Crippen molar-refractivity contribution in [2.45, 2.75) is 40.0 Å². The predicted molar refractivity (Wildman–Crippen MR) is 73.5 cm³/mol. The van der Waals surface area contributed by atoms with Crippen LogP contribution in [0.3, 0.4) is 0 Å². The molecule has 0 atom stereocenters. The van der Waals surface area contributed by atoms with Crippen molar-refractivity contribution in [3.05, 3.63) is 29.8 Å². The maximum Gasteiger partial charge on any atom is 0.224 e. The second-order valence-electron chi connectivity index (χ2n) is 5.05. The van der Waals surface area contributed by atoms with Crippen molar-refractivity contribution in [3.63, 3.8) is 0 Å². The molecule has 1 rings (SSSR count). The second-order valence-corrected chi connectivity index (χ2v) is 5.05. The lowest BCUT2D eigenvalue weighted by molar-refractivity contribution is -0.121. The van der Waals surface area contributed by atoms with Crippen LogP contribution in [-0.4, -0.2) is 11.7 Å². The summed E-state index contributed by atoms with van der Waals surface area (Å²) < 4.78 is 0. The first-order valence-corrected chi connectivity index (χ1v) is 6.35. The van der Waals surface area contributed by atoms with E-state index in [1.54, 1.807) is 0 Å². The molecule has 18 heavy (non-hydrogen) atoms. The van der Waals surface area contributed by atoms with Gasteiger partial charge in [-0.3, -0.25) is 4.79 Å². The number of carbonyl (C=O) groups is 2. The van der Waals surface area contributed by atoms with E-state index in [9.17, 15) is 9.59 Å². The molecule has 0 unspecified atom stereocenters. The minimum Gasteiger partial charge on any atom is -0.326 e. The molecule has 0 aliphatic carbocycles. The van der Waals surface area contributed by atoms with Crippen LogP contribution in [0.25, 0.3) is 0 Å². The highest BCUT2D eigenvalue weighted by atomic mass is 16.2. The van der Waals surface area contributed by atoms with Crippen molar-refractivity contribution in [3.8, 4) is 0 Å². The smallest absolute Gasteiger partial charge is 0.224 e. The van der Waals surface area contributed by atoms with Crippen LogP contribution in [0.4, 0.5) is 5.69 Å².